The summed E-state index contributed by atoms with van der Waals surface area (Å²) in [5.41, 5.74) is 1.60. The molecule has 0 saturated carbocycles. The van der Waals surface area contributed by atoms with Crippen LogP contribution in [0, 0.1) is 0 Å². The molecule has 0 spiro atoms. The van der Waals surface area contributed by atoms with Gasteiger partial charge in [0, 0.05) is 5.69 Å². The summed E-state index contributed by atoms with van der Waals surface area (Å²) >= 11 is 0. The van der Waals surface area contributed by atoms with E-state index in [1.54, 1.807) is 31.2 Å². The van der Waals surface area contributed by atoms with Gasteiger partial charge >= 0.3 is 6.03 Å². The van der Waals surface area contributed by atoms with Crippen LogP contribution in [-0.4, -0.2) is 35.3 Å². The van der Waals surface area contributed by atoms with E-state index < -0.39 is 12.1 Å². The van der Waals surface area contributed by atoms with E-state index in [9.17, 15) is 14.4 Å². The Bertz CT molecular complexity index is 808. The number of nitrogens with zero attached hydrogens (tertiary/aromatic N) is 2. The van der Waals surface area contributed by atoms with Crippen LogP contribution in [0.2, 0.25) is 0 Å². The van der Waals surface area contributed by atoms with Crippen LogP contribution in [0.1, 0.15) is 25.5 Å². The predicted molar refractivity (Wildman–Crippen MR) is 98.5 cm³/mol. The fourth-order valence-electron chi connectivity index (χ4n) is 3.05. The number of benzene rings is 2. The Kier molecular flexibility index (Phi) is 5.02. The first-order chi connectivity index (χ1) is 12.5. The van der Waals surface area contributed by atoms with E-state index in [-0.39, 0.29) is 24.4 Å². The lowest BCUT2D eigenvalue weighted by Gasteiger charge is -2.20. The number of para-hydroxylation sites is 1. The maximum atomic E-state index is 12.7. The Morgan fingerprint density at radius 2 is 1.62 bits per heavy atom. The molecule has 0 aliphatic carbocycles. The maximum absolute atomic E-state index is 12.7. The first kappa shape index (κ1) is 17.7. The highest BCUT2D eigenvalue weighted by Gasteiger charge is 2.44. The molecule has 1 fully saturated rings. The second-order valence-corrected chi connectivity index (χ2v) is 6.29. The molecule has 1 N–H and O–H groups in total. The number of amides is 4. The quantitative estimate of drug-likeness (QED) is 0.842. The topological polar surface area (TPSA) is 69.7 Å². The molecule has 3 rings (SSSR count). The molecule has 2 aromatic carbocycles. The van der Waals surface area contributed by atoms with Crippen molar-refractivity contribution in [1.82, 2.24) is 10.2 Å². The molecule has 2 atom stereocenters. The Labute approximate surface area is 152 Å². The average molecular weight is 351 g/mol. The lowest BCUT2D eigenvalue weighted by atomic mass is 10.1. The molecule has 0 bridgehead atoms. The molecule has 4 amide bonds. The zero-order valence-electron chi connectivity index (χ0n) is 14.8. The zero-order valence-corrected chi connectivity index (χ0v) is 14.8. The minimum Gasteiger partial charge on any atom is -0.348 e. The molecule has 2 aromatic rings. The smallest absolute Gasteiger partial charge is 0.332 e. The number of nitrogens with one attached hydrogen (secondary N) is 1. The summed E-state index contributed by atoms with van der Waals surface area (Å²) in [4.78, 5) is 39.9. The van der Waals surface area contributed by atoms with Gasteiger partial charge in [0.1, 0.15) is 12.6 Å². The number of imide groups is 1. The maximum Gasteiger partial charge on any atom is 0.332 e. The van der Waals surface area contributed by atoms with Crippen LogP contribution in [0.5, 0.6) is 0 Å². The van der Waals surface area contributed by atoms with Crippen molar-refractivity contribution in [2.75, 3.05) is 11.4 Å². The van der Waals surface area contributed by atoms with Crippen LogP contribution in [-0.2, 0) is 9.59 Å². The van der Waals surface area contributed by atoms with Crippen LogP contribution in [0.4, 0.5) is 10.5 Å². The standard InChI is InChI=1S/C20H21N3O3/c1-14(16-9-5-3-6-10-16)21-18(24)13-22-19(25)15(2)23(20(22)26)17-11-7-4-8-12-17/h3-12,14-15H,13H2,1-2H3,(H,21,24)/t14-,15+/m1/s1. The summed E-state index contributed by atoms with van der Waals surface area (Å²) in [6.07, 6.45) is 0. The van der Waals surface area contributed by atoms with Crippen molar-refractivity contribution in [3.05, 3.63) is 66.2 Å². The van der Waals surface area contributed by atoms with Gasteiger partial charge in [0.25, 0.3) is 5.91 Å². The summed E-state index contributed by atoms with van der Waals surface area (Å²) in [5.74, 6) is -0.744. The number of hydrogen-bond donors (Lipinski definition) is 1. The number of anilines is 1. The van der Waals surface area contributed by atoms with Crippen LogP contribution in [0.15, 0.2) is 60.7 Å². The van der Waals surface area contributed by atoms with E-state index in [4.69, 9.17) is 0 Å². The number of urea groups is 1. The summed E-state index contributed by atoms with van der Waals surface area (Å²) in [5, 5.41) is 2.83. The highest BCUT2D eigenvalue weighted by Crippen LogP contribution is 2.25. The highest BCUT2D eigenvalue weighted by atomic mass is 16.2. The number of rotatable bonds is 5. The number of hydrogen-bond acceptors (Lipinski definition) is 3. The molecule has 0 aromatic heterocycles. The molecule has 0 radical (unpaired) electrons. The summed E-state index contributed by atoms with van der Waals surface area (Å²) < 4.78 is 0. The van der Waals surface area contributed by atoms with Crippen LogP contribution in [0.3, 0.4) is 0 Å². The molecular formula is C20H21N3O3. The van der Waals surface area contributed by atoms with Gasteiger partial charge in [0.15, 0.2) is 0 Å². The minimum atomic E-state index is -0.635. The van der Waals surface area contributed by atoms with Crippen LogP contribution in [0.25, 0.3) is 0 Å². The van der Waals surface area contributed by atoms with Gasteiger partial charge in [-0.3, -0.25) is 19.4 Å². The third-order valence-electron chi connectivity index (χ3n) is 4.46. The van der Waals surface area contributed by atoms with Crippen LogP contribution >= 0.6 is 0 Å². The Hall–Kier alpha value is -3.15. The Balaban J connectivity index is 1.68. The van der Waals surface area contributed by atoms with E-state index >= 15 is 0 Å². The van der Waals surface area contributed by atoms with Gasteiger partial charge in [0.05, 0.1) is 6.04 Å². The largest absolute Gasteiger partial charge is 0.348 e. The third kappa shape index (κ3) is 3.44. The van der Waals surface area contributed by atoms with Gasteiger partial charge in [0.2, 0.25) is 5.91 Å². The fraction of sp³-hybridized carbons (Fsp3) is 0.250. The van der Waals surface area contributed by atoms with E-state index in [0.717, 1.165) is 10.5 Å². The fourth-order valence-corrected chi connectivity index (χ4v) is 3.05. The normalized spacial score (nSPS) is 18.2. The van der Waals surface area contributed by atoms with E-state index in [2.05, 4.69) is 5.32 Å². The zero-order chi connectivity index (χ0) is 18.7. The lowest BCUT2D eigenvalue weighted by Crippen LogP contribution is -2.42. The van der Waals surface area contributed by atoms with Gasteiger partial charge < -0.3 is 5.32 Å². The SMILES string of the molecule is C[C@@H](NC(=O)CN1C(=O)[C@H](C)N(c2ccccc2)C1=O)c1ccccc1. The van der Waals surface area contributed by atoms with Crippen molar-refractivity contribution in [3.8, 4) is 0 Å². The van der Waals surface area contributed by atoms with Crippen molar-refractivity contribution in [3.63, 3.8) is 0 Å². The molecule has 1 heterocycles. The molecular weight excluding hydrogens is 330 g/mol. The Morgan fingerprint density at radius 3 is 2.23 bits per heavy atom. The second-order valence-electron chi connectivity index (χ2n) is 6.29. The summed E-state index contributed by atoms with van der Waals surface area (Å²) in [7, 11) is 0. The van der Waals surface area contributed by atoms with Crippen molar-refractivity contribution < 1.29 is 14.4 Å². The Morgan fingerprint density at radius 1 is 1.04 bits per heavy atom. The van der Waals surface area contributed by atoms with Crippen molar-refractivity contribution in [2.24, 2.45) is 0 Å². The summed E-state index contributed by atoms with van der Waals surface area (Å²) in [6, 6.07) is 17.2. The van der Waals surface area contributed by atoms with E-state index in [1.165, 1.54) is 4.90 Å². The molecule has 1 aliphatic rings. The van der Waals surface area contributed by atoms with Gasteiger partial charge in [-0.05, 0) is 31.5 Å². The number of carbonyl (C=O) groups excluding carboxylic acids is 3. The molecule has 134 valence electrons. The lowest BCUT2D eigenvalue weighted by molar-refractivity contribution is -0.132. The highest BCUT2D eigenvalue weighted by molar-refractivity contribution is 6.15. The minimum absolute atomic E-state index is 0.209. The van der Waals surface area contributed by atoms with Crippen molar-refractivity contribution in [1.29, 1.82) is 0 Å². The summed E-state index contributed by atoms with van der Waals surface area (Å²) in [6.45, 7) is 3.24. The van der Waals surface area contributed by atoms with Crippen LogP contribution < -0.4 is 10.2 Å². The molecule has 1 saturated heterocycles. The average Bonchev–Trinajstić information content (AvgIpc) is 2.86. The third-order valence-corrected chi connectivity index (χ3v) is 4.46. The van der Waals surface area contributed by atoms with Gasteiger partial charge in [-0.1, -0.05) is 48.5 Å². The van der Waals surface area contributed by atoms with E-state index in [1.807, 2.05) is 43.3 Å². The molecule has 1 aliphatic heterocycles. The first-order valence-electron chi connectivity index (χ1n) is 8.53. The van der Waals surface area contributed by atoms with Gasteiger partial charge in [-0.25, -0.2) is 4.79 Å². The molecule has 0 unspecified atom stereocenters. The number of carbonyl (C=O) groups is 3. The second kappa shape index (κ2) is 7.39. The van der Waals surface area contributed by atoms with E-state index in [0.29, 0.717) is 5.69 Å². The predicted octanol–water partition coefficient (Wildman–Crippen LogP) is 2.72. The monoisotopic (exact) mass is 351 g/mol. The van der Waals surface area contributed by atoms with Gasteiger partial charge in [-0.2, -0.15) is 0 Å². The first-order valence-corrected chi connectivity index (χ1v) is 8.53. The molecule has 6 nitrogen and oxygen atoms in total. The van der Waals surface area contributed by atoms with Crippen molar-refractivity contribution >= 4 is 23.5 Å². The molecule has 26 heavy (non-hydrogen) atoms. The van der Waals surface area contributed by atoms with Gasteiger partial charge in [-0.15, -0.1) is 0 Å². The van der Waals surface area contributed by atoms with Crippen molar-refractivity contribution in [2.45, 2.75) is 25.9 Å². The molecule has 6 heteroatoms.